The summed E-state index contributed by atoms with van der Waals surface area (Å²) >= 11 is 0. The van der Waals surface area contributed by atoms with Gasteiger partial charge in [0.05, 0.1) is 12.7 Å². The Morgan fingerprint density at radius 3 is 2.65 bits per heavy atom. The molecule has 120 valence electrons. The third kappa shape index (κ3) is 3.15. The zero-order valence-corrected chi connectivity index (χ0v) is 13.9. The standard InChI is InChI=1S/C20H23NO2/c1-13-7-9-15(10-8-13)14(2)21-19-12-11-16-17(19)5-4-6-18(16)20(22)23-3/h4-10,14,19,21H,11-12H2,1-3H3/t14-,19-/m0/s1. The molecule has 2 aromatic rings. The molecule has 3 nitrogen and oxygen atoms in total. The lowest BCUT2D eigenvalue weighted by atomic mass is 10.0. The fraction of sp³-hybridized carbons (Fsp3) is 0.350. The number of aryl methyl sites for hydroxylation is 1. The SMILES string of the molecule is COC(=O)c1cccc2c1CC[C@@H]2N[C@@H](C)c1ccc(C)cc1. The minimum Gasteiger partial charge on any atom is -0.465 e. The number of esters is 1. The first-order valence-electron chi connectivity index (χ1n) is 8.13. The molecule has 1 aliphatic carbocycles. The summed E-state index contributed by atoms with van der Waals surface area (Å²) < 4.78 is 4.90. The molecule has 23 heavy (non-hydrogen) atoms. The van der Waals surface area contributed by atoms with E-state index in [2.05, 4.69) is 49.5 Å². The molecule has 3 heteroatoms. The van der Waals surface area contributed by atoms with Gasteiger partial charge in [0.2, 0.25) is 0 Å². The van der Waals surface area contributed by atoms with E-state index in [1.165, 1.54) is 23.8 Å². The van der Waals surface area contributed by atoms with Crippen molar-refractivity contribution in [2.75, 3.05) is 7.11 Å². The molecule has 0 aliphatic heterocycles. The normalized spacial score (nSPS) is 17.6. The summed E-state index contributed by atoms with van der Waals surface area (Å²) in [7, 11) is 1.44. The van der Waals surface area contributed by atoms with Gasteiger partial charge in [-0.25, -0.2) is 4.79 Å². The number of rotatable bonds is 4. The predicted molar refractivity (Wildman–Crippen MR) is 91.6 cm³/mol. The number of benzene rings is 2. The van der Waals surface area contributed by atoms with Crippen LogP contribution in [0.5, 0.6) is 0 Å². The summed E-state index contributed by atoms with van der Waals surface area (Å²) in [5, 5.41) is 3.70. The zero-order valence-electron chi connectivity index (χ0n) is 13.9. The van der Waals surface area contributed by atoms with E-state index in [1.807, 2.05) is 12.1 Å². The van der Waals surface area contributed by atoms with E-state index < -0.39 is 0 Å². The van der Waals surface area contributed by atoms with Crippen LogP contribution in [0.1, 0.15) is 58.0 Å². The van der Waals surface area contributed by atoms with Gasteiger partial charge in [0, 0.05) is 12.1 Å². The Morgan fingerprint density at radius 2 is 1.96 bits per heavy atom. The van der Waals surface area contributed by atoms with E-state index in [0.29, 0.717) is 5.56 Å². The molecule has 0 amide bonds. The summed E-state index contributed by atoms with van der Waals surface area (Å²) in [6, 6.07) is 15.1. The monoisotopic (exact) mass is 309 g/mol. The lowest BCUT2D eigenvalue weighted by molar-refractivity contribution is 0.0599. The fourth-order valence-corrected chi connectivity index (χ4v) is 3.38. The minimum absolute atomic E-state index is 0.242. The zero-order chi connectivity index (χ0) is 16.4. The number of ether oxygens (including phenoxy) is 1. The summed E-state index contributed by atoms with van der Waals surface area (Å²) in [5.74, 6) is -0.242. The van der Waals surface area contributed by atoms with Crippen molar-refractivity contribution < 1.29 is 9.53 Å². The average molecular weight is 309 g/mol. The van der Waals surface area contributed by atoms with Gasteiger partial charge in [-0.15, -0.1) is 0 Å². The molecule has 0 unspecified atom stereocenters. The Morgan fingerprint density at radius 1 is 1.22 bits per heavy atom. The van der Waals surface area contributed by atoms with Crippen molar-refractivity contribution in [2.45, 2.75) is 38.8 Å². The van der Waals surface area contributed by atoms with E-state index in [9.17, 15) is 4.79 Å². The van der Waals surface area contributed by atoms with Gasteiger partial charge in [-0.2, -0.15) is 0 Å². The number of hydrogen-bond donors (Lipinski definition) is 1. The van der Waals surface area contributed by atoms with E-state index in [4.69, 9.17) is 4.74 Å². The van der Waals surface area contributed by atoms with Gasteiger partial charge in [-0.3, -0.25) is 0 Å². The lowest BCUT2D eigenvalue weighted by Gasteiger charge is -2.21. The van der Waals surface area contributed by atoms with Gasteiger partial charge >= 0.3 is 5.97 Å². The van der Waals surface area contributed by atoms with Crippen molar-refractivity contribution in [3.05, 3.63) is 70.3 Å². The molecule has 0 spiro atoms. The number of carbonyl (C=O) groups excluding carboxylic acids is 1. The summed E-state index contributed by atoms with van der Waals surface area (Å²) in [6.07, 6.45) is 1.93. The highest BCUT2D eigenvalue weighted by molar-refractivity contribution is 5.91. The van der Waals surface area contributed by atoms with Crippen molar-refractivity contribution in [2.24, 2.45) is 0 Å². The second kappa shape index (κ2) is 6.55. The lowest BCUT2D eigenvalue weighted by Crippen LogP contribution is -2.23. The first-order chi connectivity index (χ1) is 11.1. The Hall–Kier alpha value is -2.13. The molecule has 0 saturated carbocycles. The number of carbonyl (C=O) groups is 1. The van der Waals surface area contributed by atoms with Crippen LogP contribution in [0.25, 0.3) is 0 Å². The molecule has 0 fully saturated rings. The minimum atomic E-state index is -0.242. The van der Waals surface area contributed by atoms with Gasteiger partial charge in [0.1, 0.15) is 0 Å². The van der Waals surface area contributed by atoms with E-state index in [-0.39, 0.29) is 18.1 Å². The molecule has 0 bridgehead atoms. The van der Waals surface area contributed by atoms with Crippen LogP contribution in [-0.4, -0.2) is 13.1 Å². The van der Waals surface area contributed by atoms with Crippen LogP contribution < -0.4 is 5.32 Å². The molecular formula is C20H23NO2. The van der Waals surface area contributed by atoms with Crippen molar-refractivity contribution >= 4 is 5.97 Å². The quantitative estimate of drug-likeness (QED) is 0.863. The van der Waals surface area contributed by atoms with E-state index in [1.54, 1.807) is 0 Å². The van der Waals surface area contributed by atoms with Crippen LogP contribution >= 0.6 is 0 Å². The highest BCUT2D eigenvalue weighted by Gasteiger charge is 2.27. The summed E-state index contributed by atoms with van der Waals surface area (Å²) in [6.45, 7) is 4.29. The van der Waals surface area contributed by atoms with Crippen molar-refractivity contribution in [1.29, 1.82) is 0 Å². The first-order valence-corrected chi connectivity index (χ1v) is 8.13. The summed E-state index contributed by atoms with van der Waals surface area (Å²) in [5.41, 5.74) is 5.63. The van der Waals surface area contributed by atoms with Gasteiger partial charge in [-0.1, -0.05) is 42.0 Å². The Balaban J connectivity index is 1.80. The highest BCUT2D eigenvalue weighted by Crippen LogP contribution is 2.35. The van der Waals surface area contributed by atoms with Gasteiger partial charge in [0.15, 0.2) is 0 Å². The third-order valence-electron chi connectivity index (χ3n) is 4.70. The maximum absolute atomic E-state index is 11.9. The van der Waals surface area contributed by atoms with Crippen molar-refractivity contribution in [1.82, 2.24) is 5.32 Å². The molecule has 0 heterocycles. The van der Waals surface area contributed by atoms with Crippen LogP contribution in [0.15, 0.2) is 42.5 Å². The molecule has 2 atom stereocenters. The second-order valence-corrected chi connectivity index (χ2v) is 6.26. The van der Waals surface area contributed by atoms with Crippen molar-refractivity contribution in [3.63, 3.8) is 0 Å². The summed E-state index contributed by atoms with van der Waals surface area (Å²) in [4.78, 5) is 11.9. The predicted octanol–water partition coefficient (Wildman–Crippen LogP) is 4.12. The van der Waals surface area contributed by atoms with E-state index >= 15 is 0 Å². The molecule has 1 N–H and O–H groups in total. The van der Waals surface area contributed by atoms with Crippen molar-refractivity contribution in [3.8, 4) is 0 Å². The molecule has 0 radical (unpaired) electrons. The fourth-order valence-electron chi connectivity index (χ4n) is 3.38. The maximum Gasteiger partial charge on any atom is 0.338 e. The topological polar surface area (TPSA) is 38.3 Å². The first kappa shape index (κ1) is 15.8. The molecule has 3 rings (SSSR count). The third-order valence-corrected chi connectivity index (χ3v) is 4.70. The molecule has 0 aromatic heterocycles. The number of nitrogens with one attached hydrogen (secondary N) is 1. The Kier molecular flexibility index (Phi) is 4.49. The second-order valence-electron chi connectivity index (χ2n) is 6.26. The molecule has 0 saturated heterocycles. The average Bonchev–Trinajstić information content (AvgIpc) is 2.97. The van der Waals surface area contributed by atoms with Crippen LogP contribution in [0.2, 0.25) is 0 Å². The van der Waals surface area contributed by atoms with Gasteiger partial charge in [-0.05, 0) is 49.4 Å². The maximum atomic E-state index is 11.9. The Labute approximate surface area is 137 Å². The molecular weight excluding hydrogens is 286 g/mol. The Bertz CT molecular complexity index is 706. The largest absolute Gasteiger partial charge is 0.465 e. The van der Waals surface area contributed by atoms with Crippen LogP contribution in [0.3, 0.4) is 0 Å². The number of fused-ring (bicyclic) bond motifs is 1. The van der Waals surface area contributed by atoms with Gasteiger partial charge in [0.25, 0.3) is 0 Å². The van der Waals surface area contributed by atoms with Crippen LogP contribution in [0, 0.1) is 6.92 Å². The van der Waals surface area contributed by atoms with Crippen LogP contribution in [-0.2, 0) is 11.2 Å². The smallest absolute Gasteiger partial charge is 0.338 e. The highest BCUT2D eigenvalue weighted by atomic mass is 16.5. The number of methoxy groups -OCH3 is 1. The van der Waals surface area contributed by atoms with E-state index in [0.717, 1.165) is 18.4 Å². The molecule has 1 aliphatic rings. The van der Waals surface area contributed by atoms with Crippen LogP contribution in [0.4, 0.5) is 0 Å². The van der Waals surface area contributed by atoms with Gasteiger partial charge < -0.3 is 10.1 Å². The number of hydrogen-bond acceptors (Lipinski definition) is 3. The molecule has 2 aromatic carbocycles.